The number of carbonyl (C=O) groups is 1. The summed E-state index contributed by atoms with van der Waals surface area (Å²) in [6.45, 7) is 5.60. The van der Waals surface area contributed by atoms with E-state index in [1.807, 2.05) is 45.0 Å². The van der Waals surface area contributed by atoms with Crippen molar-refractivity contribution in [1.82, 2.24) is 0 Å². The van der Waals surface area contributed by atoms with Crippen LogP contribution in [0.2, 0.25) is 0 Å². The number of anilines is 1. The molecule has 0 unspecified atom stereocenters. The Balaban J connectivity index is 2.34. The summed E-state index contributed by atoms with van der Waals surface area (Å²) in [4.78, 5) is 12.5. The Hall–Kier alpha value is -1.16. The zero-order valence-electron chi connectivity index (χ0n) is 10.5. The number of nitrogen functional groups attached to an aromatic ring is 1. The highest BCUT2D eigenvalue weighted by atomic mass is 32.2. The Morgan fingerprint density at radius 3 is 2.59 bits per heavy atom. The smallest absolute Gasteiger partial charge is 0.307 e. The van der Waals surface area contributed by atoms with E-state index in [0.29, 0.717) is 12.2 Å². The monoisotopic (exact) mass is 253 g/mol. The summed E-state index contributed by atoms with van der Waals surface area (Å²) in [6.07, 6.45) is 0.399. The highest BCUT2D eigenvalue weighted by Crippen LogP contribution is 2.25. The van der Waals surface area contributed by atoms with Gasteiger partial charge in [-0.25, -0.2) is 0 Å². The molecule has 1 aromatic rings. The molecule has 17 heavy (non-hydrogen) atoms. The summed E-state index contributed by atoms with van der Waals surface area (Å²) >= 11 is 1.58. The Bertz CT molecular complexity index is 385. The van der Waals surface area contributed by atoms with Crippen molar-refractivity contribution in [3.05, 3.63) is 24.3 Å². The van der Waals surface area contributed by atoms with Crippen LogP contribution < -0.4 is 5.73 Å². The lowest BCUT2D eigenvalue weighted by atomic mass is 10.2. The Morgan fingerprint density at radius 1 is 1.35 bits per heavy atom. The summed E-state index contributed by atoms with van der Waals surface area (Å²) in [5.74, 6) is 0.517. The largest absolute Gasteiger partial charge is 0.460 e. The molecule has 0 saturated heterocycles. The van der Waals surface area contributed by atoms with E-state index >= 15 is 0 Å². The van der Waals surface area contributed by atoms with E-state index in [1.165, 1.54) is 0 Å². The molecule has 0 heterocycles. The molecule has 1 aromatic carbocycles. The average molecular weight is 253 g/mol. The van der Waals surface area contributed by atoms with Gasteiger partial charge >= 0.3 is 5.97 Å². The van der Waals surface area contributed by atoms with Crippen LogP contribution in [0.5, 0.6) is 0 Å². The van der Waals surface area contributed by atoms with Gasteiger partial charge in [0.1, 0.15) is 5.60 Å². The number of benzene rings is 1. The lowest BCUT2D eigenvalue weighted by molar-refractivity contribution is -0.154. The van der Waals surface area contributed by atoms with E-state index in [9.17, 15) is 4.79 Å². The molecule has 0 spiro atoms. The van der Waals surface area contributed by atoms with E-state index in [4.69, 9.17) is 10.5 Å². The minimum absolute atomic E-state index is 0.167. The molecule has 1 rings (SSSR count). The molecule has 0 bridgehead atoms. The zero-order valence-corrected chi connectivity index (χ0v) is 11.3. The molecular formula is C13H19NO2S. The van der Waals surface area contributed by atoms with Crippen molar-refractivity contribution < 1.29 is 9.53 Å². The van der Waals surface area contributed by atoms with Gasteiger partial charge in [0.15, 0.2) is 0 Å². The van der Waals surface area contributed by atoms with Crippen molar-refractivity contribution in [2.75, 3.05) is 11.5 Å². The van der Waals surface area contributed by atoms with Crippen LogP contribution in [-0.4, -0.2) is 17.3 Å². The molecule has 0 aliphatic carbocycles. The summed E-state index contributed by atoms with van der Waals surface area (Å²) < 4.78 is 5.22. The highest BCUT2D eigenvalue weighted by Gasteiger charge is 2.15. The standard InChI is InChI=1S/C13H19NO2S/c1-13(2,3)16-12(15)8-9-17-11-7-5-4-6-10(11)14/h4-7H,8-9,14H2,1-3H3. The van der Waals surface area contributed by atoms with E-state index in [0.717, 1.165) is 10.6 Å². The van der Waals surface area contributed by atoms with Crippen LogP contribution in [-0.2, 0) is 9.53 Å². The molecule has 0 aromatic heterocycles. The van der Waals surface area contributed by atoms with Gasteiger partial charge < -0.3 is 10.5 Å². The number of thioether (sulfide) groups is 1. The summed E-state index contributed by atoms with van der Waals surface area (Å²) in [6, 6.07) is 7.64. The molecule has 0 amide bonds. The Labute approximate surface area is 107 Å². The Kier molecular flexibility index (Phi) is 4.87. The van der Waals surface area contributed by atoms with Gasteiger partial charge in [0.05, 0.1) is 6.42 Å². The topological polar surface area (TPSA) is 52.3 Å². The summed E-state index contributed by atoms with van der Waals surface area (Å²) in [5.41, 5.74) is 6.14. The van der Waals surface area contributed by atoms with E-state index in [-0.39, 0.29) is 5.97 Å². The van der Waals surface area contributed by atoms with Crippen LogP contribution >= 0.6 is 11.8 Å². The number of esters is 1. The number of nitrogens with two attached hydrogens (primary N) is 1. The molecule has 0 radical (unpaired) electrons. The van der Waals surface area contributed by atoms with Crippen molar-refractivity contribution in [3.63, 3.8) is 0 Å². The molecule has 0 fully saturated rings. The second-order valence-electron chi connectivity index (χ2n) is 4.72. The SMILES string of the molecule is CC(C)(C)OC(=O)CCSc1ccccc1N. The molecule has 3 nitrogen and oxygen atoms in total. The fourth-order valence-electron chi connectivity index (χ4n) is 1.25. The normalized spacial score (nSPS) is 11.2. The predicted molar refractivity (Wildman–Crippen MR) is 72.0 cm³/mol. The molecule has 0 atom stereocenters. The maximum Gasteiger partial charge on any atom is 0.307 e. The summed E-state index contributed by atoms with van der Waals surface area (Å²) in [7, 11) is 0. The molecule has 2 N–H and O–H groups in total. The van der Waals surface area contributed by atoms with Crippen molar-refractivity contribution in [3.8, 4) is 0 Å². The quantitative estimate of drug-likeness (QED) is 0.509. The molecule has 94 valence electrons. The van der Waals surface area contributed by atoms with Gasteiger partial charge in [0.25, 0.3) is 0 Å². The third-order valence-corrected chi connectivity index (χ3v) is 2.99. The molecule has 0 saturated carbocycles. The summed E-state index contributed by atoms with van der Waals surface area (Å²) in [5, 5.41) is 0. The minimum atomic E-state index is -0.409. The molecular weight excluding hydrogens is 234 g/mol. The van der Waals surface area contributed by atoms with Gasteiger partial charge in [0, 0.05) is 16.3 Å². The van der Waals surface area contributed by atoms with Crippen LogP contribution in [0.25, 0.3) is 0 Å². The molecule has 4 heteroatoms. The first-order chi connectivity index (χ1) is 7.88. The fraction of sp³-hybridized carbons (Fsp3) is 0.462. The predicted octanol–water partition coefficient (Wildman–Crippen LogP) is 3.09. The fourth-order valence-corrected chi connectivity index (χ4v) is 2.15. The number of hydrogen-bond donors (Lipinski definition) is 1. The van der Waals surface area contributed by atoms with Crippen LogP contribution in [0.3, 0.4) is 0 Å². The number of ether oxygens (including phenoxy) is 1. The van der Waals surface area contributed by atoms with Gasteiger partial charge in [-0.15, -0.1) is 11.8 Å². The first kappa shape index (κ1) is 13.9. The Morgan fingerprint density at radius 2 is 2.00 bits per heavy atom. The lowest BCUT2D eigenvalue weighted by Crippen LogP contribution is -2.24. The second-order valence-corrected chi connectivity index (χ2v) is 5.86. The van der Waals surface area contributed by atoms with Crippen molar-refractivity contribution in [2.24, 2.45) is 0 Å². The highest BCUT2D eigenvalue weighted by molar-refractivity contribution is 7.99. The van der Waals surface area contributed by atoms with Gasteiger partial charge in [0.2, 0.25) is 0 Å². The number of rotatable bonds is 4. The second kappa shape index (κ2) is 5.96. The zero-order chi connectivity index (χ0) is 12.9. The number of hydrogen-bond acceptors (Lipinski definition) is 4. The molecule has 0 aliphatic rings. The number of para-hydroxylation sites is 1. The first-order valence-electron chi connectivity index (χ1n) is 5.57. The van der Waals surface area contributed by atoms with Crippen molar-refractivity contribution >= 4 is 23.4 Å². The van der Waals surface area contributed by atoms with E-state index in [2.05, 4.69) is 0 Å². The number of carbonyl (C=O) groups excluding carboxylic acids is 1. The van der Waals surface area contributed by atoms with Crippen LogP contribution in [0.1, 0.15) is 27.2 Å². The average Bonchev–Trinajstić information content (AvgIpc) is 2.18. The minimum Gasteiger partial charge on any atom is -0.460 e. The molecule has 0 aliphatic heterocycles. The van der Waals surface area contributed by atoms with Crippen molar-refractivity contribution in [2.45, 2.75) is 37.7 Å². The lowest BCUT2D eigenvalue weighted by Gasteiger charge is -2.19. The van der Waals surface area contributed by atoms with Gasteiger partial charge in [-0.3, -0.25) is 4.79 Å². The third kappa shape index (κ3) is 5.63. The van der Waals surface area contributed by atoms with Gasteiger partial charge in [-0.1, -0.05) is 12.1 Å². The maximum absolute atomic E-state index is 11.5. The van der Waals surface area contributed by atoms with Crippen LogP contribution in [0.15, 0.2) is 29.2 Å². The third-order valence-electron chi connectivity index (χ3n) is 1.90. The first-order valence-corrected chi connectivity index (χ1v) is 6.56. The van der Waals surface area contributed by atoms with Gasteiger partial charge in [-0.05, 0) is 32.9 Å². The van der Waals surface area contributed by atoms with Crippen LogP contribution in [0, 0.1) is 0 Å². The maximum atomic E-state index is 11.5. The van der Waals surface area contributed by atoms with Crippen molar-refractivity contribution in [1.29, 1.82) is 0 Å². The van der Waals surface area contributed by atoms with Crippen LogP contribution in [0.4, 0.5) is 5.69 Å². The van der Waals surface area contributed by atoms with E-state index in [1.54, 1.807) is 11.8 Å². The van der Waals surface area contributed by atoms with Gasteiger partial charge in [-0.2, -0.15) is 0 Å². The van der Waals surface area contributed by atoms with E-state index < -0.39 is 5.60 Å².